The Kier molecular flexibility index (Phi) is 4.70. The van der Waals surface area contributed by atoms with E-state index in [9.17, 15) is 0 Å². The fraction of sp³-hybridized carbons (Fsp3) is 1.00. The van der Waals surface area contributed by atoms with Gasteiger partial charge < -0.3 is 10.6 Å². The van der Waals surface area contributed by atoms with Gasteiger partial charge in [0.05, 0.1) is 0 Å². The number of rotatable bonds is 4. The minimum atomic E-state index is 0.719. The molecule has 0 aromatic carbocycles. The molecule has 1 rings (SSSR count). The van der Waals surface area contributed by atoms with Crippen molar-refractivity contribution in [3.63, 3.8) is 0 Å². The van der Waals surface area contributed by atoms with E-state index in [4.69, 9.17) is 5.73 Å². The van der Waals surface area contributed by atoms with Crippen molar-refractivity contribution < 1.29 is 0 Å². The molecule has 0 saturated carbocycles. The van der Waals surface area contributed by atoms with Gasteiger partial charge in [-0.2, -0.15) is 0 Å². The van der Waals surface area contributed by atoms with E-state index in [0.29, 0.717) is 0 Å². The highest BCUT2D eigenvalue weighted by molar-refractivity contribution is 4.77. The quantitative estimate of drug-likeness (QED) is 0.686. The van der Waals surface area contributed by atoms with Gasteiger partial charge in [-0.3, -0.25) is 4.90 Å². The van der Waals surface area contributed by atoms with Gasteiger partial charge in [0, 0.05) is 25.7 Å². The summed E-state index contributed by atoms with van der Waals surface area (Å²) in [6.07, 6.45) is 1.14. The summed E-state index contributed by atoms with van der Waals surface area (Å²) >= 11 is 0. The Morgan fingerprint density at radius 3 is 2.69 bits per heavy atom. The van der Waals surface area contributed by atoms with Crippen LogP contribution in [-0.2, 0) is 0 Å². The van der Waals surface area contributed by atoms with Crippen LogP contribution >= 0.6 is 0 Å². The lowest BCUT2D eigenvalue weighted by Crippen LogP contribution is -2.51. The number of nitrogens with zero attached hydrogens (tertiary/aromatic N) is 2. The van der Waals surface area contributed by atoms with Crippen LogP contribution in [0.1, 0.15) is 20.3 Å². The average Bonchev–Trinajstić information content (AvgIpc) is 2.15. The van der Waals surface area contributed by atoms with Crippen LogP contribution in [0, 0.1) is 0 Å². The van der Waals surface area contributed by atoms with Gasteiger partial charge in [0.1, 0.15) is 0 Å². The molecule has 0 aromatic rings. The second-order valence-corrected chi connectivity index (χ2v) is 3.92. The average molecular weight is 185 g/mol. The molecule has 0 aromatic heterocycles. The summed E-state index contributed by atoms with van der Waals surface area (Å²) in [5.74, 6) is 0. The van der Waals surface area contributed by atoms with Gasteiger partial charge in [-0.1, -0.05) is 6.92 Å². The smallest absolute Gasteiger partial charge is 0.0195 e. The lowest BCUT2D eigenvalue weighted by atomic mass is 10.2. The Labute approximate surface area is 81.9 Å². The number of hydrogen-bond acceptors (Lipinski definition) is 3. The molecule has 0 bridgehead atoms. The highest BCUT2D eigenvalue weighted by Gasteiger charge is 2.21. The van der Waals surface area contributed by atoms with Crippen LogP contribution in [-0.4, -0.2) is 55.1 Å². The summed E-state index contributed by atoms with van der Waals surface area (Å²) in [5, 5.41) is 0. The lowest BCUT2D eigenvalue weighted by Gasteiger charge is -2.39. The summed E-state index contributed by atoms with van der Waals surface area (Å²) in [6, 6.07) is 0.719. The molecule has 2 N–H and O–H groups in total. The fourth-order valence-electron chi connectivity index (χ4n) is 2.06. The topological polar surface area (TPSA) is 32.5 Å². The van der Waals surface area contributed by atoms with Gasteiger partial charge in [0.25, 0.3) is 0 Å². The fourth-order valence-corrected chi connectivity index (χ4v) is 2.06. The summed E-state index contributed by atoms with van der Waals surface area (Å²) in [5.41, 5.74) is 5.50. The maximum Gasteiger partial charge on any atom is 0.0195 e. The first-order valence-corrected chi connectivity index (χ1v) is 5.44. The minimum absolute atomic E-state index is 0.719. The van der Waals surface area contributed by atoms with E-state index in [0.717, 1.165) is 19.0 Å². The van der Waals surface area contributed by atoms with Crippen LogP contribution in [0.5, 0.6) is 0 Å². The standard InChI is InChI=1S/C10H23N3/c1-3-13-8-7-12(6-4-5-11)9-10(13)2/h10H,3-9,11H2,1-2H3. The Balaban J connectivity index is 2.24. The van der Waals surface area contributed by atoms with Gasteiger partial charge in [0.2, 0.25) is 0 Å². The Bertz CT molecular complexity index is 138. The third-order valence-corrected chi connectivity index (χ3v) is 2.93. The second kappa shape index (κ2) is 5.58. The predicted octanol–water partition coefficient (Wildman–Crippen LogP) is 0.361. The van der Waals surface area contributed by atoms with Crippen molar-refractivity contribution in [3.8, 4) is 0 Å². The first-order chi connectivity index (χ1) is 6.27. The van der Waals surface area contributed by atoms with Crippen LogP contribution in [0.4, 0.5) is 0 Å². The van der Waals surface area contributed by atoms with Gasteiger partial charge in [-0.15, -0.1) is 0 Å². The third kappa shape index (κ3) is 3.25. The van der Waals surface area contributed by atoms with Crippen LogP contribution in [0.2, 0.25) is 0 Å². The molecule has 1 saturated heterocycles. The lowest BCUT2D eigenvalue weighted by molar-refractivity contribution is 0.0878. The highest BCUT2D eigenvalue weighted by atomic mass is 15.3. The van der Waals surface area contributed by atoms with Crippen molar-refractivity contribution in [2.45, 2.75) is 26.3 Å². The zero-order chi connectivity index (χ0) is 9.68. The minimum Gasteiger partial charge on any atom is -0.330 e. The van der Waals surface area contributed by atoms with E-state index < -0.39 is 0 Å². The molecule has 1 aliphatic heterocycles. The molecular formula is C10H23N3. The molecule has 0 amide bonds. The molecule has 1 atom stereocenters. The highest BCUT2D eigenvalue weighted by Crippen LogP contribution is 2.08. The Morgan fingerprint density at radius 2 is 2.15 bits per heavy atom. The first kappa shape index (κ1) is 11.0. The molecule has 78 valence electrons. The second-order valence-electron chi connectivity index (χ2n) is 3.92. The van der Waals surface area contributed by atoms with Crippen LogP contribution < -0.4 is 5.73 Å². The normalized spacial score (nSPS) is 26.5. The van der Waals surface area contributed by atoms with E-state index in [1.165, 1.54) is 32.7 Å². The summed E-state index contributed by atoms with van der Waals surface area (Å²) < 4.78 is 0. The predicted molar refractivity (Wildman–Crippen MR) is 56.8 cm³/mol. The van der Waals surface area contributed by atoms with Crippen LogP contribution in [0.15, 0.2) is 0 Å². The first-order valence-electron chi connectivity index (χ1n) is 5.44. The molecule has 1 heterocycles. The van der Waals surface area contributed by atoms with Gasteiger partial charge >= 0.3 is 0 Å². The molecule has 13 heavy (non-hydrogen) atoms. The van der Waals surface area contributed by atoms with Gasteiger partial charge in [0.15, 0.2) is 0 Å². The van der Waals surface area contributed by atoms with Crippen molar-refractivity contribution in [3.05, 3.63) is 0 Å². The zero-order valence-electron chi connectivity index (χ0n) is 9.00. The maximum absolute atomic E-state index is 5.50. The number of nitrogens with two attached hydrogens (primary N) is 1. The summed E-state index contributed by atoms with van der Waals surface area (Å²) in [4.78, 5) is 5.07. The van der Waals surface area contributed by atoms with E-state index in [1.54, 1.807) is 0 Å². The van der Waals surface area contributed by atoms with E-state index in [-0.39, 0.29) is 0 Å². The van der Waals surface area contributed by atoms with Crippen LogP contribution in [0.3, 0.4) is 0 Å². The summed E-state index contributed by atoms with van der Waals surface area (Å²) in [7, 11) is 0. The molecule has 3 nitrogen and oxygen atoms in total. The Morgan fingerprint density at radius 1 is 1.38 bits per heavy atom. The maximum atomic E-state index is 5.50. The Hall–Kier alpha value is -0.120. The molecular weight excluding hydrogens is 162 g/mol. The van der Waals surface area contributed by atoms with Crippen molar-refractivity contribution in [2.75, 3.05) is 39.3 Å². The SMILES string of the molecule is CCN1CCN(CCCN)CC1C. The van der Waals surface area contributed by atoms with E-state index in [1.807, 2.05) is 0 Å². The number of piperazine rings is 1. The molecule has 1 fully saturated rings. The monoisotopic (exact) mass is 185 g/mol. The molecule has 3 heteroatoms. The molecule has 0 aliphatic carbocycles. The van der Waals surface area contributed by atoms with Gasteiger partial charge in [-0.05, 0) is 33.0 Å². The number of hydrogen-bond donors (Lipinski definition) is 1. The molecule has 1 unspecified atom stereocenters. The largest absolute Gasteiger partial charge is 0.330 e. The van der Waals surface area contributed by atoms with Crippen molar-refractivity contribution in [1.82, 2.24) is 9.80 Å². The van der Waals surface area contributed by atoms with E-state index >= 15 is 0 Å². The third-order valence-electron chi connectivity index (χ3n) is 2.93. The number of likely N-dealkylation sites (N-methyl/N-ethyl adjacent to an activating group) is 1. The molecule has 0 radical (unpaired) electrons. The molecule has 1 aliphatic rings. The van der Waals surface area contributed by atoms with Crippen molar-refractivity contribution in [1.29, 1.82) is 0 Å². The van der Waals surface area contributed by atoms with Gasteiger partial charge in [-0.25, -0.2) is 0 Å². The van der Waals surface area contributed by atoms with E-state index in [2.05, 4.69) is 23.6 Å². The van der Waals surface area contributed by atoms with Crippen molar-refractivity contribution in [2.24, 2.45) is 5.73 Å². The molecule has 0 spiro atoms. The zero-order valence-corrected chi connectivity index (χ0v) is 9.00. The summed E-state index contributed by atoms with van der Waals surface area (Å²) in [6.45, 7) is 11.4. The van der Waals surface area contributed by atoms with Crippen molar-refractivity contribution >= 4 is 0 Å². The van der Waals surface area contributed by atoms with Crippen LogP contribution in [0.25, 0.3) is 0 Å².